The number of halogens is 1. The summed E-state index contributed by atoms with van der Waals surface area (Å²) < 4.78 is 13.2. The number of aromatic nitrogens is 2. The number of rotatable bonds is 5. The SMILES string of the molecule is CCNC(Cc1cccc(F)c1)c1ccnnc1. The molecule has 4 heteroatoms. The van der Waals surface area contributed by atoms with Crippen molar-refractivity contribution in [2.75, 3.05) is 6.54 Å². The number of hydrogen-bond acceptors (Lipinski definition) is 3. The Morgan fingerprint density at radius 2 is 2.17 bits per heavy atom. The molecule has 0 bridgehead atoms. The zero-order valence-corrected chi connectivity index (χ0v) is 10.3. The van der Waals surface area contributed by atoms with E-state index in [1.807, 2.05) is 19.1 Å². The molecule has 18 heavy (non-hydrogen) atoms. The number of nitrogens with one attached hydrogen (secondary N) is 1. The molecule has 0 aliphatic carbocycles. The van der Waals surface area contributed by atoms with Crippen LogP contribution in [0.2, 0.25) is 0 Å². The maximum absolute atomic E-state index is 13.2. The van der Waals surface area contributed by atoms with Crippen LogP contribution < -0.4 is 5.32 Å². The Labute approximate surface area is 106 Å². The maximum Gasteiger partial charge on any atom is 0.123 e. The summed E-state index contributed by atoms with van der Waals surface area (Å²) >= 11 is 0. The van der Waals surface area contributed by atoms with Gasteiger partial charge in [0.1, 0.15) is 5.82 Å². The van der Waals surface area contributed by atoms with Crippen LogP contribution in [0.3, 0.4) is 0 Å². The highest BCUT2D eigenvalue weighted by atomic mass is 19.1. The third-order valence-electron chi connectivity index (χ3n) is 2.79. The summed E-state index contributed by atoms with van der Waals surface area (Å²) in [5.74, 6) is -0.199. The monoisotopic (exact) mass is 245 g/mol. The molecule has 0 radical (unpaired) electrons. The van der Waals surface area contributed by atoms with Gasteiger partial charge in [0.2, 0.25) is 0 Å². The Bertz CT molecular complexity index is 487. The Kier molecular flexibility index (Phi) is 4.36. The lowest BCUT2D eigenvalue weighted by Crippen LogP contribution is -2.23. The molecule has 1 aromatic carbocycles. The van der Waals surface area contributed by atoms with Gasteiger partial charge in [-0.05, 0) is 42.3 Å². The first-order valence-electron chi connectivity index (χ1n) is 6.04. The van der Waals surface area contributed by atoms with E-state index in [0.29, 0.717) is 0 Å². The van der Waals surface area contributed by atoms with Crippen molar-refractivity contribution >= 4 is 0 Å². The molecule has 2 rings (SSSR count). The van der Waals surface area contributed by atoms with Gasteiger partial charge < -0.3 is 5.32 Å². The summed E-state index contributed by atoms with van der Waals surface area (Å²) in [6.45, 7) is 2.90. The first-order chi connectivity index (χ1) is 8.79. The van der Waals surface area contributed by atoms with E-state index in [9.17, 15) is 4.39 Å². The number of hydrogen-bond donors (Lipinski definition) is 1. The molecule has 1 aromatic heterocycles. The van der Waals surface area contributed by atoms with Crippen molar-refractivity contribution in [1.82, 2.24) is 15.5 Å². The van der Waals surface area contributed by atoms with Crippen LogP contribution in [0.1, 0.15) is 24.1 Å². The topological polar surface area (TPSA) is 37.8 Å². The molecule has 0 fully saturated rings. The standard InChI is InChI=1S/C14H16FN3/c1-2-16-14(12-6-7-17-18-10-12)9-11-4-3-5-13(15)8-11/h3-8,10,14,16H,2,9H2,1H3. The van der Waals surface area contributed by atoms with Crippen LogP contribution >= 0.6 is 0 Å². The molecule has 1 N–H and O–H groups in total. The van der Waals surface area contributed by atoms with Crippen molar-refractivity contribution in [2.45, 2.75) is 19.4 Å². The fraction of sp³-hybridized carbons (Fsp3) is 0.286. The van der Waals surface area contributed by atoms with E-state index < -0.39 is 0 Å². The minimum Gasteiger partial charge on any atom is -0.310 e. The minimum absolute atomic E-state index is 0.132. The minimum atomic E-state index is -0.199. The predicted molar refractivity (Wildman–Crippen MR) is 68.6 cm³/mol. The molecule has 94 valence electrons. The van der Waals surface area contributed by atoms with Crippen molar-refractivity contribution in [3.63, 3.8) is 0 Å². The molecule has 0 aliphatic rings. The number of likely N-dealkylation sites (N-methyl/N-ethyl adjacent to an activating group) is 1. The van der Waals surface area contributed by atoms with Gasteiger partial charge in [0.05, 0.1) is 6.20 Å². The normalized spacial score (nSPS) is 12.3. The number of nitrogens with zero attached hydrogens (tertiary/aromatic N) is 2. The highest BCUT2D eigenvalue weighted by Gasteiger charge is 2.11. The lowest BCUT2D eigenvalue weighted by Gasteiger charge is -2.17. The largest absolute Gasteiger partial charge is 0.310 e. The summed E-state index contributed by atoms with van der Waals surface area (Å²) in [5, 5.41) is 11.0. The Balaban J connectivity index is 2.16. The van der Waals surface area contributed by atoms with E-state index in [4.69, 9.17) is 0 Å². The average Bonchev–Trinajstić information content (AvgIpc) is 2.39. The van der Waals surface area contributed by atoms with Crippen molar-refractivity contribution in [3.05, 3.63) is 59.7 Å². The van der Waals surface area contributed by atoms with Crippen LogP contribution in [0.5, 0.6) is 0 Å². The molecule has 0 amide bonds. The first-order valence-corrected chi connectivity index (χ1v) is 6.04. The molecule has 0 aliphatic heterocycles. The molecule has 1 heterocycles. The molecular weight excluding hydrogens is 229 g/mol. The molecule has 0 spiro atoms. The highest BCUT2D eigenvalue weighted by molar-refractivity contribution is 5.21. The second-order valence-electron chi connectivity index (χ2n) is 4.12. The average molecular weight is 245 g/mol. The van der Waals surface area contributed by atoms with Gasteiger partial charge in [-0.1, -0.05) is 19.1 Å². The Morgan fingerprint density at radius 3 is 2.83 bits per heavy atom. The van der Waals surface area contributed by atoms with Crippen molar-refractivity contribution in [2.24, 2.45) is 0 Å². The van der Waals surface area contributed by atoms with Crippen LogP contribution in [0.15, 0.2) is 42.7 Å². The third kappa shape index (κ3) is 3.34. The van der Waals surface area contributed by atoms with Crippen LogP contribution in [-0.2, 0) is 6.42 Å². The maximum atomic E-state index is 13.2. The molecule has 3 nitrogen and oxygen atoms in total. The lowest BCUT2D eigenvalue weighted by molar-refractivity contribution is 0.544. The first kappa shape index (κ1) is 12.6. The zero-order chi connectivity index (χ0) is 12.8. The summed E-state index contributed by atoms with van der Waals surface area (Å²) in [4.78, 5) is 0. The molecule has 2 aromatic rings. The van der Waals surface area contributed by atoms with E-state index in [0.717, 1.165) is 24.1 Å². The van der Waals surface area contributed by atoms with Gasteiger partial charge >= 0.3 is 0 Å². The summed E-state index contributed by atoms with van der Waals surface area (Å²) in [6.07, 6.45) is 4.15. The lowest BCUT2D eigenvalue weighted by atomic mass is 10.0. The molecule has 0 saturated heterocycles. The van der Waals surface area contributed by atoms with Crippen LogP contribution in [0.4, 0.5) is 4.39 Å². The van der Waals surface area contributed by atoms with Gasteiger partial charge in [0, 0.05) is 12.2 Å². The molecule has 0 saturated carbocycles. The summed E-state index contributed by atoms with van der Waals surface area (Å²) in [7, 11) is 0. The Hall–Kier alpha value is -1.81. The summed E-state index contributed by atoms with van der Waals surface area (Å²) in [6, 6.07) is 8.76. The van der Waals surface area contributed by atoms with Gasteiger partial charge in [0.25, 0.3) is 0 Å². The highest BCUT2D eigenvalue weighted by Crippen LogP contribution is 2.17. The second-order valence-corrected chi connectivity index (χ2v) is 4.12. The van der Waals surface area contributed by atoms with Gasteiger partial charge in [-0.25, -0.2) is 4.39 Å². The fourth-order valence-corrected chi connectivity index (χ4v) is 1.96. The number of benzene rings is 1. The molecule has 1 unspecified atom stereocenters. The van der Waals surface area contributed by atoms with Gasteiger partial charge in [-0.2, -0.15) is 10.2 Å². The fourth-order valence-electron chi connectivity index (χ4n) is 1.96. The zero-order valence-electron chi connectivity index (χ0n) is 10.3. The van der Waals surface area contributed by atoms with E-state index in [1.54, 1.807) is 24.5 Å². The van der Waals surface area contributed by atoms with E-state index in [2.05, 4.69) is 15.5 Å². The smallest absolute Gasteiger partial charge is 0.123 e. The van der Waals surface area contributed by atoms with Crippen LogP contribution in [0.25, 0.3) is 0 Å². The van der Waals surface area contributed by atoms with E-state index in [1.165, 1.54) is 6.07 Å². The molecule has 1 atom stereocenters. The summed E-state index contributed by atoms with van der Waals surface area (Å²) in [5.41, 5.74) is 2.04. The van der Waals surface area contributed by atoms with Gasteiger partial charge in [0.15, 0.2) is 0 Å². The second kappa shape index (κ2) is 6.21. The van der Waals surface area contributed by atoms with Crippen molar-refractivity contribution < 1.29 is 4.39 Å². The van der Waals surface area contributed by atoms with Crippen molar-refractivity contribution in [3.8, 4) is 0 Å². The third-order valence-corrected chi connectivity index (χ3v) is 2.79. The van der Waals surface area contributed by atoms with Crippen LogP contribution in [0, 0.1) is 5.82 Å². The van der Waals surface area contributed by atoms with Gasteiger partial charge in [-0.3, -0.25) is 0 Å². The molecular formula is C14H16FN3. The Morgan fingerprint density at radius 1 is 1.28 bits per heavy atom. The van der Waals surface area contributed by atoms with E-state index >= 15 is 0 Å². The van der Waals surface area contributed by atoms with E-state index in [-0.39, 0.29) is 11.9 Å². The van der Waals surface area contributed by atoms with Gasteiger partial charge in [-0.15, -0.1) is 0 Å². The quantitative estimate of drug-likeness (QED) is 0.879. The van der Waals surface area contributed by atoms with Crippen molar-refractivity contribution in [1.29, 1.82) is 0 Å². The predicted octanol–water partition coefficient (Wildman–Crippen LogP) is 2.51. The van der Waals surface area contributed by atoms with Crippen LogP contribution in [-0.4, -0.2) is 16.7 Å².